The van der Waals surface area contributed by atoms with E-state index in [0.717, 1.165) is 23.6 Å². The standard InChI is InChI=1S/C23H28N2O5S/c1-29-18-10-11-22(30-2)21(14-18)25(31(27,28)19-6-4-3-5-7-19)15-23(26)24-20-13-16-8-9-17(20)12-16/h3-7,10-11,14,16-17,20H,8-9,12-13,15H2,1-2H3,(H,24,26)/t16-,17+,20+/m1/s1. The molecule has 0 aromatic heterocycles. The van der Waals surface area contributed by atoms with Crippen LogP contribution in [0.25, 0.3) is 0 Å². The third-order valence-corrected chi connectivity index (χ3v) is 8.13. The van der Waals surface area contributed by atoms with Gasteiger partial charge < -0.3 is 14.8 Å². The lowest BCUT2D eigenvalue weighted by Crippen LogP contribution is -2.46. The number of fused-ring (bicyclic) bond motifs is 2. The van der Waals surface area contributed by atoms with Gasteiger partial charge in [0, 0.05) is 12.1 Å². The number of carbonyl (C=O) groups is 1. The fourth-order valence-corrected chi connectivity index (χ4v) is 6.26. The molecule has 4 rings (SSSR count). The average molecular weight is 445 g/mol. The molecule has 1 N–H and O–H groups in total. The summed E-state index contributed by atoms with van der Waals surface area (Å²) in [7, 11) is -1.04. The molecule has 1 amide bonds. The molecule has 0 saturated heterocycles. The van der Waals surface area contributed by atoms with Crippen molar-refractivity contribution >= 4 is 21.6 Å². The van der Waals surface area contributed by atoms with Crippen molar-refractivity contribution in [3.8, 4) is 11.5 Å². The summed E-state index contributed by atoms with van der Waals surface area (Å²) in [5.74, 6) is 1.67. The molecule has 2 saturated carbocycles. The molecule has 2 aliphatic rings. The summed E-state index contributed by atoms with van der Waals surface area (Å²) in [4.78, 5) is 13.1. The number of carbonyl (C=O) groups excluding carboxylic acids is 1. The molecule has 3 atom stereocenters. The van der Waals surface area contributed by atoms with Crippen molar-refractivity contribution < 1.29 is 22.7 Å². The zero-order valence-corrected chi connectivity index (χ0v) is 18.6. The van der Waals surface area contributed by atoms with E-state index in [-0.39, 0.29) is 29.1 Å². The maximum atomic E-state index is 13.6. The molecule has 0 spiro atoms. The van der Waals surface area contributed by atoms with Crippen LogP contribution in [-0.4, -0.2) is 41.1 Å². The van der Waals surface area contributed by atoms with Crippen molar-refractivity contribution in [1.82, 2.24) is 5.32 Å². The maximum absolute atomic E-state index is 13.6. The van der Waals surface area contributed by atoms with Crippen molar-refractivity contribution in [2.45, 2.75) is 36.6 Å². The van der Waals surface area contributed by atoms with Gasteiger partial charge >= 0.3 is 0 Å². The van der Waals surface area contributed by atoms with E-state index in [1.165, 1.54) is 32.8 Å². The molecule has 0 radical (unpaired) electrons. The minimum atomic E-state index is -4.01. The summed E-state index contributed by atoms with van der Waals surface area (Å²) in [6, 6.07) is 13.1. The summed E-state index contributed by atoms with van der Waals surface area (Å²) >= 11 is 0. The summed E-state index contributed by atoms with van der Waals surface area (Å²) in [6.45, 7) is -0.339. The summed E-state index contributed by atoms with van der Waals surface area (Å²) in [5, 5.41) is 3.08. The molecule has 7 nitrogen and oxygen atoms in total. The van der Waals surface area contributed by atoms with Gasteiger partial charge in [-0.1, -0.05) is 24.6 Å². The number of ether oxygens (including phenoxy) is 2. The van der Waals surface area contributed by atoms with E-state index in [9.17, 15) is 13.2 Å². The molecule has 0 heterocycles. The van der Waals surface area contributed by atoms with Crippen molar-refractivity contribution in [2.24, 2.45) is 11.8 Å². The van der Waals surface area contributed by atoms with Crippen LogP contribution in [0, 0.1) is 11.8 Å². The normalized spacial score (nSPS) is 22.2. The molecular weight excluding hydrogens is 416 g/mol. The molecule has 2 aliphatic carbocycles. The summed E-state index contributed by atoms with van der Waals surface area (Å²) in [6.07, 6.45) is 4.49. The van der Waals surface area contributed by atoms with Crippen LogP contribution in [0.3, 0.4) is 0 Å². The van der Waals surface area contributed by atoms with Gasteiger partial charge in [0.2, 0.25) is 5.91 Å². The highest BCUT2D eigenvalue weighted by Gasteiger charge is 2.40. The van der Waals surface area contributed by atoms with Gasteiger partial charge in [-0.05, 0) is 55.4 Å². The Labute approximate surface area is 183 Å². The third kappa shape index (κ3) is 4.35. The number of nitrogens with one attached hydrogen (secondary N) is 1. The van der Waals surface area contributed by atoms with Gasteiger partial charge in [0.15, 0.2) is 0 Å². The van der Waals surface area contributed by atoms with Gasteiger partial charge in [0.1, 0.15) is 18.0 Å². The van der Waals surface area contributed by atoms with E-state index in [2.05, 4.69) is 5.32 Å². The van der Waals surface area contributed by atoms with Crippen molar-refractivity contribution in [1.29, 1.82) is 0 Å². The minimum absolute atomic E-state index is 0.104. The predicted octanol–water partition coefficient (Wildman–Crippen LogP) is 3.20. The topological polar surface area (TPSA) is 84.9 Å². The monoisotopic (exact) mass is 444 g/mol. The smallest absolute Gasteiger partial charge is 0.264 e. The molecule has 31 heavy (non-hydrogen) atoms. The number of nitrogens with zero attached hydrogens (tertiary/aromatic N) is 1. The van der Waals surface area contributed by atoms with Gasteiger partial charge in [0.25, 0.3) is 10.0 Å². The van der Waals surface area contributed by atoms with E-state index in [1.807, 2.05) is 0 Å². The number of sulfonamides is 1. The highest BCUT2D eigenvalue weighted by molar-refractivity contribution is 7.92. The number of benzene rings is 2. The highest BCUT2D eigenvalue weighted by Crippen LogP contribution is 2.44. The van der Waals surface area contributed by atoms with Crippen LogP contribution in [-0.2, 0) is 14.8 Å². The van der Waals surface area contributed by atoms with Crippen molar-refractivity contribution in [3.63, 3.8) is 0 Å². The lowest BCUT2D eigenvalue weighted by atomic mass is 9.95. The first-order valence-corrected chi connectivity index (χ1v) is 12.0. The van der Waals surface area contributed by atoms with Crippen LogP contribution in [0.2, 0.25) is 0 Å². The van der Waals surface area contributed by atoms with Gasteiger partial charge in [0.05, 0.1) is 24.8 Å². The predicted molar refractivity (Wildman–Crippen MR) is 118 cm³/mol. The largest absolute Gasteiger partial charge is 0.497 e. The van der Waals surface area contributed by atoms with Gasteiger partial charge in [-0.25, -0.2) is 8.42 Å². The summed E-state index contributed by atoms with van der Waals surface area (Å²) < 4.78 is 38.9. The Kier molecular flexibility index (Phi) is 6.09. The zero-order valence-electron chi connectivity index (χ0n) is 17.8. The number of hydrogen-bond donors (Lipinski definition) is 1. The fraction of sp³-hybridized carbons (Fsp3) is 0.435. The molecular formula is C23H28N2O5S. The molecule has 0 aliphatic heterocycles. The van der Waals surface area contributed by atoms with Crippen LogP contribution < -0.4 is 19.1 Å². The van der Waals surface area contributed by atoms with Gasteiger partial charge in [-0.2, -0.15) is 0 Å². The zero-order chi connectivity index (χ0) is 22.0. The second kappa shape index (κ2) is 8.78. The lowest BCUT2D eigenvalue weighted by Gasteiger charge is -2.28. The quantitative estimate of drug-likeness (QED) is 0.676. The Hall–Kier alpha value is -2.74. The molecule has 2 fully saturated rings. The first-order valence-electron chi connectivity index (χ1n) is 10.5. The lowest BCUT2D eigenvalue weighted by molar-refractivity contribution is -0.120. The molecule has 2 aromatic rings. The Morgan fingerprint density at radius 3 is 2.45 bits per heavy atom. The number of rotatable bonds is 8. The van der Waals surface area contributed by atoms with Crippen LogP contribution >= 0.6 is 0 Å². The van der Waals surface area contributed by atoms with Crippen molar-refractivity contribution in [2.75, 3.05) is 25.1 Å². The van der Waals surface area contributed by atoms with E-state index < -0.39 is 10.0 Å². The Morgan fingerprint density at radius 2 is 1.84 bits per heavy atom. The van der Waals surface area contributed by atoms with E-state index in [1.54, 1.807) is 36.4 Å². The van der Waals surface area contributed by atoms with Gasteiger partial charge in [-0.15, -0.1) is 0 Å². The first kappa shape index (κ1) is 21.5. The molecule has 2 aromatic carbocycles. The minimum Gasteiger partial charge on any atom is -0.497 e. The summed E-state index contributed by atoms with van der Waals surface area (Å²) in [5.41, 5.74) is 0.258. The molecule has 2 bridgehead atoms. The molecule has 166 valence electrons. The number of methoxy groups -OCH3 is 2. The van der Waals surface area contributed by atoms with E-state index in [0.29, 0.717) is 23.3 Å². The Bertz CT molecular complexity index is 1040. The second-order valence-electron chi connectivity index (χ2n) is 8.21. The SMILES string of the molecule is COc1ccc(OC)c(N(CC(=O)N[C@H]2C[C@@H]3CC[C@H]2C3)S(=O)(=O)c2ccccc2)c1. The van der Waals surface area contributed by atoms with Gasteiger partial charge in [-0.3, -0.25) is 9.10 Å². The van der Waals surface area contributed by atoms with Crippen molar-refractivity contribution in [3.05, 3.63) is 48.5 Å². The van der Waals surface area contributed by atoms with Crippen LogP contribution in [0.15, 0.2) is 53.4 Å². The molecule has 8 heteroatoms. The Morgan fingerprint density at radius 1 is 1.06 bits per heavy atom. The second-order valence-corrected chi connectivity index (χ2v) is 10.1. The van der Waals surface area contributed by atoms with E-state index in [4.69, 9.17) is 9.47 Å². The average Bonchev–Trinajstić information content (AvgIpc) is 3.41. The number of anilines is 1. The Balaban J connectivity index is 1.67. The number of amides is 1. The molecule has 0 unspecified atom stereocenters. The number of hydrogen-bond acceptors (Lipinski definition) is 5. The van der Waals surface area contributed by atoms with Crippen LogP contribution in [0.1, 0.15) is 25.7 Å². The van der Waals surface area contributed by atoms with Crippen LogP contribution in [0.5, 0.6) is 11.5 Å². The first-order chi connectivity index (χ1) is 14.9. The highest BCUT2D eigenvalue weighted by atomic mass is 32.2. The third-order valence-electron chi connectivity index (χ3n) is 6.36. The fourth-order valence-electron chi connectivity index (χ4n) is 4.82. The maximum Gasteiger partial charge on any atom is 0.264 e. The van der Waals surface area contributed by atoms with E-state index >= 15 is 0 Å². The van der Waals surface area contributed by atoms with Crippen LogP contribution in [0.4, 0.5) is 5.69 Å².